The van der Waals surface area contributed by atoms with Gasteiger partial charge in [-0.05, 0) is 97.9 Å². The summed E-state index contributed by atoms with van der Waals surface area (Å²) in [5, 5.41) is 4.54. The number of ether oxygens (including phenoxy) is 4. The molecule has 0 bridgehead atoms. The Balaban J connectivity index is 2.09. The van der Waals surface area contributed by atoms with Crippen molar-refractivity contribution in [1.82, 2.24) is 0 Å². The number of rotatable bonds is 26. The van der Waals surface area contributed by atoms with Crippen LogP contribution in [0.1, 0.15) is 129 Å². The van der Waals surface area contributed by atoms with Gasteiger partial charge in [-0.25, -0.2) is 0 Å². The van der Waals surface area contributed by atoms with E-state index in [0.717, 1.165) is 121 Å². The van der Waals surface area contributed by atoms with Crippen LogP contribution in [0.25, 0.3) is 0 Å². The predicted molar refractivity (Wildman–Crippen MR) is 236 cm³/mol. The summed E-state index contributed by atoms with van der Waals surface area (Å²) in [6.07, 6.45) is 11.9. The maximum atomic E-state index is 8.06. The molecule has 0 N–H and O–H groups in total. The summed E-state index contributed by atoms with van der Waals surface area (Å²) in [5.41, 5.74) is 5.08. The normalized spacial score (nSPS) is 11.4. The van der Waals surface area contributed by atoms with E-state index in [9.17, 15) is 0 Å². The number of unbranched alkanes of at least 4 members (excludes halogenated alkanes) is 4. The Morgan fingerprint density at radius 3 is 0.782 bits per heavy atom. The molecular weight excluding hydrogens is 713 g/mol. The fourth-order valence-corrected chi connectivity index (χ4v) is 12.3. The first-order valence-corrected chi connectivity index (χ1v) is 24.2. The van der Waals surface area contributed by atoms with Crippen LogP contribution in [0.15, 0.2) is 72.8 Å². The van der Waals surface area contributed by atoms with Crippen LogP contribution in [-0.2, 0) is 29.8 Å². The van der Waals surface area contributed by atoms with Gasteiger partial charge in [-0.3, -0.25) is 0 Å². The molecule has 0 unspecified atom stereocenters. The van der Waals surface area contributed by atoms with Crippen molar-refractivity contribution in [3.63, 3.8) is 0 Å². The fraction of sp³-hybridized carbons (Fsp3) is 0.500. The predicted octanol–water partition coefficient (Wildman–Crippen LogP) is 9.58. The van der Waals surface area contributed by atoms with Crippen LogP contribution in [0.4, 0.5) is 0 Å². The van der Waals surface area contributed by atoms with Gasteiger partial charge in [-0.2, -0.15) is 0 Å². The van der Waals surface area contributed by atoms with Crippen LogP contribution >= 0.6 is 0 Å². The van der Waals surface area contributed by atoms with Crippen LogP contribution in [0.3, 0.4) is 0 Å². The van der Waals surface area contributed by atoms with Gasteiger partial charge in [-0.15, -0.1) is 0 Å². The topological polar surface area (TPSA) is 46.2 Å². The Labute approximate surface area is 337 Å². The highest BCUT2D eigenvalue weighted by Gasteiger charge is 2.36. The Kier molecular flexibility index (Phi) is 19.4. The molecule has 298 valence electrons. The van der Waals surface area contributed by atoms with Gasteiger partial charge in [-0.1, -0.05) is 130 Å². The lowest BCUT2D eigenvalue weighted by Gasteiger charge is -2.29. The fourth-order valence-electron chi connectivity index (χ4n) is 6.32. The van der Waals surface area contributed by atoms with Gasteiger partial charge in [0.2, 0.25) is 0 Å². The minimum Gasteiger partial charge on any atom is -0.494 e. The highest BCUT2D eigenvalue weighted by Crippen LogP contribution is 2.23. The monoisotopic (exact) mass is 780 g/mol. The zero-order valence-electron chi connectivity index (χ0n) is 35.3. The summed E-state index contributed by atoms with van der Waals surface area (Å²) < 4.78 is 34.8. The molecule has 0 aliphatic rings. The van der Waals surface area contributed by atoms with Crippen molar-refractivity contribution in [1.29, 1.82) is 0 Å². The number of hydrogen-bond donors (Lipinski definition) is 0. The number of aryl methyl sites for hydroxylation is 4. The molecule has 0 spiro atoms. The third-order valence-corrected chi connectivity index (χ3v) is 15.2. The Morgan fingerprint density at radius 2 is 0.582 bits per heavy atom. The standard InChI is InChI=1S/C48H68O5Si2/c1-9-17-29-49-41-25-21-37(13-5)33-45(41)54(46-34-38(14-6)22-26-42(46)50-30-18-10-2)53-55(47-35-39(15-7)23-27-43(47)51-31-19-11-3)48-36-40(16-8)24-28-44(48)52-32-20-12-4/h21-28,33-36H,9-20,29-32H2,1-8H3. The highest BCUT2D eigenvalue weighted by atomic mass is 28.4. The molecule has 5 nitrogen and oxygen atoms in total. The lowest BCUT2D eigenvalue weighted by molar-refractivity contribution is 0.310. The van der Waals surface area contributed by atoms with E-state index in [-0.39, 0.29) is 0 Å². The average molecular weight is 781 g/mol. The quantitative estimate of drug-likeness (QED) is 0.0470. The van der Waals surface area contributed by atoms with Crippen molar-refractivity contribution >= 4 is 38.8 Å². The van der Waals surface area contributed by atoms with Crippen LogP contribution in [-0.4, -0.2) is 44.5 Å². The Morgan fingerprint density at radius 1 is 0.345 bits per heavy atom. The summed E-state index contributed by atoms with van der Waals surface area (Å²) >= 11 is 0. The van der Waals surface area contributed by atoms with Crippen molar-refractivity contribution in [3.8, 4) is 23.0 Å². The number of hydrogen-bond acceptors (Lipinski definition) is 5. The van der Waals surface area contributed by atoms with Crippen molar-refractivity contribution in [2.75, 3.05) is 26.4 Å². The SMILES string of the molecule is CCCCOc1ccc(CC)cc1[Si](O[Si](c1cc(CC)ccc1OCCCC)c1cc(CC)ccc1OCCCC)c1cc(CC)ccc1OCCCC. The molecule has 7 heteroatoms. The minimum atomic E-state index is -2.03. The first-order valence-electron chi connectivity index (χ1n) is 21.4. The van der Waals surface area contributed by atoms with Crippen molar-refractivity contribution in [3.05, 3.63) is 95.1 Å². The third-order valence-electron chi connectivity index (χ3n) is 10.0. The molecule has 0 aliphatic heterocycles. The van der Waals surface area contributed by atoms with Crippen molar-refractivity contribution < 1.29 is 23.1 Å². The molecule has 4 rings (SSSR count). The molecule has 4 aromatic rings. The van der Waals surface area contributed by atoms with E-state index in [4.69, 9.17) is 23.1 Å². The van der Waals surface area contributed by atoms with Gasteiger partial charge in [0.15, 0.2) is 0 Å². The summed E-state index contributed by atoms with van der Waals surface area (Å²) in [7, 11) is -4.05. The zero-order chi connectivity index (χ0) is 39.4. The molecule has 4 aromatic carbocycles. The summed E-state index contributed by atoms with van der Waals surface area (Å²) in [4.78, 5) is 0. The van der Waals surface area contributed by atoms with Crippen molar-refractivity contribution in [2.45, 2.75) is 132 Å². The molecule has 55 heavy (non-hydrogen) atoms. The number of benzene rings is 4. The Hall–Kier alpha value is -3.53. The third kappa shape index (κ3) is 12.7. The second-order valence-electron chi connectivity index (χ2n) is 14.3. The summed E-state index contributed by atoms with van der Waals surface area (Å²) in [6, 6.07) is 27.0. The van der Waals surface area contributed by atoms with E-state index >= 15 is 0 Å². The minimum absolute atomic E-state index is 0.665. The van der Waals surface area contributed by atoms with Crippen molar-refractivity contribution in [2.24, 2.45) is 0 Å². The van der Waals surface area contributed by atoms with E-state index in [1.54, 1.807) is 0 Å². The highest BCUT2D eigenvalue weighted by molar-refractivity contribution is 6.93. The summed E-state index contributed by atoms with van der Waals surface area (Å²) in [5.74, 6) is 3.63. The van der Waals surface area contributed by atoms with E-state index in [1.165, 1.54) is 22.3 Å². The molecule has 0 atom stereocenters. The molecule has 0 amide bonds. The lowest BCUT2D eigenvalue weighted by Crippen LogP contribution is -2.57. The van der Waals surface area contributed by atoms with E-state index in [0.29, 0.717) is 26.4 Å². The first-order chi connectivity index (χ1) is 26.9. The van der Waals surface area contributed by atoms with Crippen LogP contribution < -0.4 is 39.7 Å². The smallest absolute Gasteiger partial charge is 0.280 e. The molecule has 0 aliphatic carbocycles. The van der Waals surface area contributed by atoms with Gasteiger partial charge >= 0.3 is 0 Å². The summed E-state index contributed by atoms with van der Waals surface area (Å²) in [6.45, 7) is 20.4. The second kappa shape index (κ2) is 24.2. The first kappa shape index (κ1) is 44.2. The van der Waals surface area contributed by atoms with Gasteiger partial charge in [0, 0.05) is 20.7 Å². The Bertz CT molecular complexity index is 1480. The van der Waals surface area contributed by atoms with E-state index in [2.05, 4.69) is 128 Å². The maximum absolute atomic E-state index is 8.06. The van der Waals surface area contributed by atoms with E-state index in [1.807, 2.05) is 0 Å². The average Bonchev–Trinajstić information content (AvgIpc) is 3.22. The van der Waals surface area contributed by atoms with Crippen LogP contribution in [0.2, 0.25) is 0 Å². The molecule has 0 aromatic heterocycles. The molecule has 0 saturated heterocycles. The van der Waals surface area contributed by atoms with Crippen LogP contribution in [0, 0.1) is 0 Å². The van der Waals surface area contributed by atoms with Gasteiger partial charge < -0.3 is 23.1 Å². The maximum Gasteiger partial charge on any atom is 0.280 e. The van der Waals surface area contributed by atoms with Gasteiger partial charge in [0.05, 0.1) is 26.4 Å². The molecular formula is C48H68O5Si2. The molecule has 0 heterocycles. The molecule has 0 saturated carbocycles. The van der Waals surface area contributed by atoms with Crippen LogP contribution in [0.5, 0.6) is 23.0 Å². The van der Waals surface area contributed by atoms with Gasteiger partial charge in [0.25, 0.3) is 18.1 Å². The zero-order valence-corrected chi connectivity index (χ0v) is 37.3. The second-order valence-corrected chi connectivity index (χ2v) is 18.6. The lowest BCUT2D eigenvalue weighted by atomic mass is 10.1. The largest absolute Gasteiger partial charge is 0.494 e. The molecule has 2 radical (unpaired) electrons. The van der Waals surface area contributed by atoms with E-state index < -0.39 is 18.1 Å². The van der Waals surface area contributed by atoms with Gasteiger partial charge in [0.1, 0.15) is 23.0 Å². The molecule has 0 fully saturated rings.